The third kappa shape index (κ3) is 5.09. The van der Waals surface area contributed by atoms with Gasteiger partial charge in [0.2, 0.25) is 0 Å². The second kappa shape index (κ2) is 12.4. The van der Waals surface area contributed by atoms with E-state index in [1.165, 1.54) is 16.2 Å². The summed E-state index contributed by atoms with van der Waals surface area (Å²) in [6.45, 7) is 0. The number of hydrogen-bond acceptors (Lipinski definition) is 4. The van der Waals surface area contributed by atoms with Crippen molar-refractivity contribution in [2.75, 3.05) is 0 Å². The summed E-state index contributed by atoms with van der Waals surface area (Å²) in [6, 6.07) is 63.4. The van der Waals surface area contributed by atoms with E-state index in [0.717, 1.165) is 66.1 Å². The van der Waals surface area contributed by atoms with Gasteiger partial charge in [0.05, 0.1) is 11.2 Å². The van der Waals surface area contributed by atoms with Crippen LogP contribution in [0.5, 0.6) is 0 Å². The van der Waals surface area contributed by atoms with Gasteiger partial charge in [-0.05, 0) is 62.3 Å². The van der Waals surface area contributed by atoms with Crippen LogP contribution in [0.2, 0.25) is 0 Å². The Kier molecular flexibility index (Phi) is 7.10. The number of fused-ring (bicyclic) bond motifs is 7. The Morgan fingerprint density at radius 1 is 0.269 bits per heavy atom. The van der Waals surface area contributed by atoms with Gasteiger partial charge in [-0.25, -0.2) is 19.9 Å². The first-order chi connectivity index (χ1) is 25.8. The number of rotatable bonds is 5. The minimum absolute atomic E-state index is 0.627. The van der Waals surface area contributed by atoms with Gasteiger partial charge in [-0.15, -0.1) is 0 Å². The molecule has 10 rings (SSSR count). The van der Waals surface area contributed by atoms with Gasteiger partial charge in [-0.3, -0.25) is 0 Å². The standard InChI is InChI=1S/C48H30N4/c1-4-16-31(17-5-1)44-30-40(38-25-14-15-27-43(38)49-44)34-28-41-37-24-11-10-22-35(37)36-23-12-13-26-39(36)45(41)42(29-34)48-51-46(32-18-6-2-7-19-32)50-47(52-48)33-20-8-3-9-21-33/h1-30H. The monoisotopic (exact) mass is 662 g/mol. The van der Waals surface area contributed by atoms with E-state index in [9.17, 15) is 0 Å². The zero-order valence-corrected chi connectivity index (χ0v) is 28.1. The molecule has 2 aromatic heterocycles. The molecule has 0 N–H and O–H groups in total. The van der Waals surface area contributed by atoms with Crippen molar-refractivity contribution in [2.45, 2.75) is 0 Å². The lowest BCUT2D eigenvalue weighted by Crippen LogP contribution is -2.01. The minimum atomic E-state index is 0.627. The van der Waals surface area contributed by atoms with Crippen LogP contribution < -0.4 is 0 Å². The van der Waals surface area contributed by atoms with Crippen molar-refractivity contribution in [2.24, 2.45) is 0 Å². The highest BCUT2D eigenvalue weighted by Crippen LogP contribution is 2.44. The molecule has 0 unspecified atom stereocenters. The van der Waals surface area contributed by atoms with Crippen molar-refractivity contribution >= 4 is 43.2 Å². The lowest BCUT2D eigenvalue weighted by atomic mass is 9.88. The molecule has 0 saturated heterocycles. The predicted molar refractivity (Wildman–Crippen MR) is 215 cm³/mol. The molecule has 0 amide bonds. The minimum Gasteiger partial charge on any atom is -0.248 e. The number of benzene rings is 8. The Morgan fingerprint density at radius 3 is 1.35 bits per heavy atom. The molecular formula is C48H30N4. The molecule has 8 aromatic carbocycles. The summed E-state index contributed by atoms with van der Waals surface area (Å²) < 4.78 is 0. The fraction of sp³-hybridized carbons (Fsp3) is 0. The average molecular weight is 663 g/mol. The molecule has 0 aliphatic carbocycles. The van der Waals surface area contributed by atoms with Crippen molar-refractivity contribution in [1.82, 2.24) is 19.9 Å². The van der Waals surface area contributed by atoms with E-state index in [0.29, 0.717) is 17.5 Å². The number of hydrogen-bond donors (Lipinski definition) is 0. The van der Waals surface area contributed by atoms with Crippen LogP contribution in [0.25, 0.3) is 99.8 Å². The maximum atomic E-state index is 5.26. The van der Waals surface area contributed by atoms with Crippen LogP contribution in [0.4, 0.5) is 0 Å². The Balaban J connectivity index is 1.36. The van der Waals surface area contributed by atoms with Gasteiger partial charge in [-0.1, -0.05) is 158 Å². The van der Waals surface area contributed by atoms with Gasteiger partial charge in [0.1, 0.15) is 0 Å². The average Bonchev–Trinajstić information content (AvgIpc) is 3.23. The van der Waals surface area contributed by atoms with Crippen molar-refractivity contribution in [1.29, 1.82) is 0 Å². The van der Waals surface area contributed by atoms with Crippen LogP contribution in [0.3, 0.4) is 0 Å². The molecule has 0 saturated carbocycles. The van der Waals surface area contributed by atoms with Crippen LogP contribution in [0.1, 0.15) is 0 Å². The summed E-state index contributed by atoms with van der Waals surface area (Å²) in [6.07, 6.45) is 0. The molecule has 0 atom stereocenters. The topological polar surface area (TPSA) is 51.6 Å². The van der Waals surface area contributed by atoms with Gasteiger partial charge in [0.15, 0.2) is 17.5 Å². The fourth-order valence-electron chi connectivity index (χ4n) is 7.47. The van der Waals surface area contributed by atoms with Crippen LogP contribution >= 0.6 is 0 Å². The molecule has 0 fully saturated rings. The predicted octanol–water partition coefficient (Wildman–Crippen LogP) is 12.2. The molecule has 0 spiro atoms. The Hall–Kier alpha value is -7.04. The normalized spacial score (nSPS) is 11.5. The first kappa shape index (κ1) is 29.8. The summed E-state index contributed by atoms with van der Waals surface area (Å²) in [5, 5.41) is 8.09. The number of nitrogens with zero attached hydrogens (tertiary/aromatic N) is 4. The molecule has 2 heterocycles. The molecule has 4 nitrogen and oxygen atoms in total. The SMILES string of the molecule is c1ccc(-c2cc(-c3cc(-c4nc(-c5ccccc5)nc(-c5ccccc5)n4)c4c5ccccc5c5ccccc5c4c3)c3ccccc3n2)cc1. The van der Waals surface area contributed by atoms with Crippen molar-refractivity contribution < 1.29 is 0 Å². The van der Waals surface area contributed by atoms with Gasteiger partial charge in [0.25, 0.3) is 0 Å². The zero-order chi connectivity index (χ0) is 34.4. The quantitative estimate of drug-likeness (QED) is 0.172. The molecule has 0 radical (unpaired) electrons. The van der Waals surface area contributed by atoms with E-state index in [2.05, 4.69) is 140 Å². The third-order valence-corrected chi connectivity index (χ3v) is 9.88. The largest absolute Gasteiger partial charge is 0.248 e. The summed E-state index contributed by atoms with van der Waals surface area (Å²) in [4.78, 5) is 20.7. The van der Waals surface area contributed by atoms with Crippen molar-refractivity contribution in [3.8, 4) is 56.5 Å². The van der Waals surface area contributed by atoms with E-state index in [1.54, 1.807) is 0 Å². The maximum Gasteiger partial charge on any atom is 0.164 e. The summed E-state index contributed by atoms with van der Waals surface area (Å²) in [5.74, 6) is 1.89. The molecule has 0 aliphatic rings. The lowest BCUT2D eigenvalue weighted by molar-refractivity contribution is 1.08. The van der Waals surface area contributed by atoms with Gasteiger partial charge < -0.3 is 0 Å². The molecule has 52 heavy (non-hydrogen) atoms. The first-order valence-electron chi connectivity index (χ1n) is 17.5. The van der Waals surface area contributed by atoms with Gasteiger partial charge in [-0.2, -0.15) is 0 Å². The van der Waals surface area contributed by atoms with Crippen LogP contribution in [0, 0.1) is 0 Å². The Bertz CT molecular complexity index is 2880. The number of para-hydroxylation sites is 1. The third-order valence-electron chi connectivity index (χ3n) is 9.88. The van der Waals surface area contributed by atoms with Crippen LogP contribution in [-0.2, 0) is 0 Å². The van der Waals surface area contributed by atoms with Crippen molar-refractivity contribution in [3.63, 3.8) is 0 Å². The molecule has 4 heteroatoms. The molecule has 10 aromatic rings. The van der Waals surface area contributed by atoms with Crippen LogP contribution in [-0.4, -0.2) is 19.9 Å². The summed E-state index contributed by atoms with van der Waals surface area (Å²) in [7, 11) is 0. The highest BCUT2D eigenvalue weighted by atomic mass is 15.0. The first-order valence-corrected chi connectivity index (χ1v) is 17.5. The van der Waals surface area contributed by atoms with Gasteiger partial charge >= 0.3 is 0 Å². The fourth-order valence-corrected chi connectivity index (χ4v) is 7.47. The lowest BCUT2D eigenvalue weighted by Gasteiger charge is -2.18. The summed E-state index contributed by atoms with van der Waals surface area (Å²) in [5.41, 5.74) is 7.95. The Morgan fingerprint density at radius 2 is 0.731 bits per heavy atom. The molecule has 0 aliphatic heterocycles. The molecular weight excluding hydrogens is 633 g/mol. The molecule has 242 valence electrons. The highest BCUT2D eigenvalue weighted by molar-refractivity contribution is 6.29. The zero-order valence-electron chi connectivity index (χ0n) is 28.1. The Labute approximate surface area is 300 Å². The second-order valence-electron chi connectivity index (χ2n) is 13.0. The molecule has 0 bridgehead atoms. The van der Waals surface area contributed by atoms with Crippen molar-refractivity contribution in [3.05, 3.63) is 182 Å². The number of aromatic nitrogens is 4. The smallest absolute Gasteiger partial charge is 0.164 e. The number of pyridine rings is 1. The van der Waals surface area contributed by atoms with Crippen LogP contribution in [0.15, 0.2) is 182 Å². The van der Waals surface area contributed by atoms with E-state index in [1.807, 2.05) is 42.5 Å². The van der Waals surface area contributed by atoms with E-state index in [-0.39, 0.29) is 0 Å². The van der Waals surface area contributed by atoms with E-state index in [4.69, 9.17) is 19.9 Å². The summed E-state index contributed by atoms with van der Waals surface area (Å²) >= 11 is 0. The maximum absolute atomic E-state index is 5.26. The van der Waals surface area contributed by atoms with E-state index < -0.39 is 0 Å². The highest BCUT2D eigenvalue weighted by Gasteiger charge is 2.20. The van der Waals surface area contributed by atoms with Gasteiger partial charge in [0, 0.05) is 33.0 Å². The van der Waals surface area contributed by atoms with E-state index >= 15 is 0 Å². The second-order valence-corrected chi connectivity index (χ2v) is 13.0.